The molecule has 0 radical (unpaired) electrons. The first-order chi connectivity index (χ1) is 10.3. The lowest BCUT2D eigenvalue weighted by molar-refractivity contribution is 0.405. The van der Waals surface area contributed by atoms with Crippen LogP contribution in [-0.2, 0) is 0 Å². The lowest BCUT2D eigenvalue weighted by atomic mass is 9.83. The Kier molecular flexibility index (Phi) is 4.97. The molecule has 3 rings (SSSR count). The van der Waals surface area contributed by atoms with Crippen LogP contribution in [-0.4, -0.2) is 10.9 Å². The van der Waals surface area contributed by atoms with Crippen molar-refractivity contribution in [1.82, 2.24) is 4.98 Å². The van der Waals surface area contributed by atoms with Gasteiger partial charge in [-0.2, -0.15) is 0 Å². The van der Waals surface area contributed by atoms with E-state index >= 15 is 0 Å². The van der Waals surface area contributed by atoms with Crippen LogP contribution in [0.25, 0.3) is 17.0 Å². The summed E-state index contributed by atoms with van der Waals surface area (Å²) in [6, 6.07) is 8.31. The lowest BCUT2D eigenvalue weighted by Crippen LogP contribution is -2.10. The van der Waals surface area contributed by atoms with Crippen molar-refractivity contribution in [1.29, 1.82) is 0 Å². The molecule has 0 atom stereocenters. The number of fused-ring (bicyclic) bond motifs is 1. The zero-order valence-corrected chi connectivity index (χ0v) is 14.3. The van der Waals surface area contributed by atoms with E-state index in [0.717, 1.165) is 15.4 Å². The molecule has 0 unspecified atom stereocenters. The molecule has 0 bridgehead atoms. The fourth-order valence-electron chi connectivity index (χ4n) is 3.21. The van der Waals surface area contributed by atoms with Crippen LogP contribution < -0.4 is 0 Å². The van der Waals surface area contributed by atoms with E-state index in [0.29, 0.717) is 11.8 Å². The van der Waals surface area contributed by atoms with E-state index in [1.165, 1.54) is 43.2 Å². The lowest BCUT2D eigenvalue weighted by Gasteiger charge is -2.23. The van der Waals surface area contributed by atoms with Crippen LogP contribution in [0.4, 0.5) is 0 Å². The predicted molar refractivity (Wildman–Crippen MR) is 94.7 cm³/mol. The van der Waals surface area contributed by atoms with E-state index in [2.05, 4.69) is 45.2 Å². The van der Waals surface area contributed by atoms with Crippen molar-refractivity contribution in [3.05, 3.63) is 46.1 Å². The summed E-state index contributed by atoms with van der Waals surface area (Å²) in [7, 11) is 0. The number of pyridine rings is 1. The van der Waals surface area contributed by atoms with E-state index in [1.54, 1.807) is 0 Å². The zero-order valence-electron chi connectivity index (χ0n) is 12.0. The normalized spacial score (nSPS) is 17.3. The standard InChI is InChI=1S/C18H19BrClN/c19-17-9-8-14(18-16(17)7-4-10-21-18)11-15(12-20)13-5-2-1-3-6-13/h4,7-11,13H,1-3,5-6,12H2/b15-11-. The molecule has 0 spiro atoms. The maximum atomic E-state index is 6.24. The number of alkyl halides is 1. The molecule has 21 heavy (non-hydrogen) atoms. The first-order valence-electron chi connectivity index (χ1n) is 7.59. The second kappa shape index (κ2) is 6.93. The maximum Gasteiger partial charge on any atom is 0.0785 e. The highest BCUT2D eigenvalue weighted by Gasteiger charge is 2.17. The van der Waals surface area contributed by atoms with Crippen LogP contribution in [0.5, 0.6) is 0 Å². The number of benzene rings is 1. The summed E-state index contributed by atoms with van der Waals surface area (Å²) in [5.74, 6) is 1.27. The topological polar surface area (TPSA) is 12.9 Å². The summed E-state index contributed by atoms with van der Waals surface area (Å²) < 4.78 is 1.09. The molecule has 0 saturated heterocycles. The molecule has 2 aromatic rings. The van der Waals surface area contributed by atoms with E-state index in [-0.39, 0.29) is 0 Å². The minimum atomic E-state index is 0.620. The number of aromatic nitrogens is 1. The molecule has 0 amide bonds. The van der Waals surface area contributed by atoms with E-state index in [9.17, 15) is 0 Å². The third-order valence-electron chi connectivity index (χ3n) is 4.37. The monoisotopic (exact) mass is 363 g/mol. The Morgan fingerprint density at radius 3 is 2.81 bits per heavy atom. The molecule has 1 nitrogen and oxygen atoms in total. The molecular weight excluding hydrogens is 346 g/mol. The van der Waals surface area contributed by atoms with Gasteiger partial charge in [-0.05, 0) is 30.9 Å². The van der Waals surface area contributed by atoms with Gasteiger partial charge in [-0.15, -0.1) is 11.6 Å². The van der Waals surface area contributed by atoms with Crippen molar-refractivity contribution in [2.45, 2.75) is 32.1 Å². The van der Waals surface area contributed by atoms with Gasteiger partial charge >= 0.3 is 0 Å². The SMILES string of the molecule is ClC/C(=C/c1ccc(Br)c2cccnc12)C1CCCCC1. The average Bonchev–Trinajstić information content (AvgIpc) is 2.55. The van der Waals surface area contributed by atoms with Gasteiger partial charge in [-0.25, -0.2) is 0 Å². The summed E-state index contributed by atoms with van der Waals surface area (Å²) in [4.78, 5) is 4.56. The maximum absolute atomic E-state index is 6.24. The molecule has 1 saturated carbocycles. The summed E-state index contributed by atoms with van der Waals surface area (Å²) in [6.07, 6.45) is 10.7. The van der Waals surface area contributed by atoms with Crippen molar-refractivity contribution < 1.29 is 0 Å². The van der Waals surface area contributed by atoms with Crippen LogP contribution in [0.2, 0.25) is 0 Å². The molecule has 0 aliphatic heterocycles. The van der Waals surface area contributed by atoms with Crippen LogP contribution in [0.1, 0.15) is 37.7 Å². The third-order valence-corrected chi connectivity index (χ3v) is 5.37. The van der Waals surface area contributed by atoms with Gasteiger partial charge in [0.15, 0.2) is 0 Å². The molecule has 1 aromatic heterocycles. The van der Waals surface area contributed by atoms with Gasteiger partial charge in [0, 0.05) is 27.5 Å². The Labute approximate surface area is 139 Å². The van der Waals surface area contributed by atoms with Crippen molar-refractivity contribution in [2.24, 2.45) is 5.92 Å². The van der Waals surface area contributed by atoms with Crippen LogP contribution >= 0.6 is 27.5 Å². The highest BCUT2D eigenvalue weighted by Crippen LogP contribution is 2.33. The predicted octanol–water partition coefficient (Wildman–Crippen LogP) is 6.20. The highest BCUT2D eigenvalue weighted by molar-refractivity contribution is 9.10. The van der Waals surface area contributed by atoms with Crippen molar-refractivity contribution in [2.75, 3.05) is 5.88 Å². The van der Waals surface area contributed by atoms with Gasteiger partial charge in [0.05, 0.1) is 5.52 Å². The first-order valence-corrected chi connectivity index (χ1v) is 8.92. The minimum Gasteiger partial charge on any atom is -0.256 e. The van der Waals surface area contributed by atoms with Gasteiger partial charge in [-0.1, -0.05) is 59.0 Å². The molecule has 1 aromatic carbocycles. The number of halogens is 2. The first kappa shape index (κ1) is 15.1. The molecular formula is C18H19BrClN. The van der Waals surface area contributed by atoms with Crippen LogP contribution in [0.15, 0.2) is 40.5 Å². The highest BCUT2D eigenvalue weighted by atomic mass is 79.9. The van der Waals surface area contributed by atoms with Crippen molar-refractivity contribution >= 4 is 44.5 Å². The van der Waals surface area contributed by atoms with E-state index in [4.69, 9.17) is 11.6 Å². The molecule has 0 N–H and O–H groups in total. The second-order valence-electron chi connectivity index (χ2n) is 5.72. The Bertz CT molecular complexity index is 659. The Balaban J connectivity index is 2.02. The quantitative estimate of drug-likeness (QED) is 0.591. The van der Waals surface area contributed by atoms with Gasteiger partial charge < -0.3 is 0 Å². The van der Waals surface area contributed by atoms with Crippen LogP contribution in [0, 0.1) is 5.92 Å². The van der Waals surface area contributed by atoms with Gasteiger partial charge in [0.25, 0.3) is 0 Å². The largest absolute Gasteiger partial charge is 0.256 e. The number of allylic oxidation sites excluding steroid dienone is 1. The minimum absolute atomic E-state index is 0.620. The van der Waals surface area contributed by atoms with Crippen molar-refractivity contribution in [3.63, 3.8) is 0 Å². The fourth-order valence-corrected chi connectivity index (χ4v) is 3.96. The number of nitrogens with zero attached hydrogens (tertiary/aromatic N) is 1. The molecule has 1 aliphatic rings. The number of hydrogen-bond donors (Lipinski definition) is 0. The summed E-state index contributed by atoms with van der Waals surface area (Å²) in [5, 5.41) is 1.16. The number of rotatable bonds is 3. The molecule has 3 heteroatoms. The summed E-state index contributed by atoms with van der Waals surface area (Å²) in [5.41, 5.74) is 3.59. The van der Waals surface area contributed by atoms with Gasteiger partial charge in [0.1, 0.15) is 0 Å². The Hall–Kier alpha value is -0.860. The Morgan fingerprint density at radius 2 is 2.05 bits per heavy atom. The smallest absolute Gasteiger partial charge is 0.0785 e. The van der Waals surface area contributed by atoms with E-state index < -0.39 is 0 Å². The van der Waals surface area contributed by atoms with Gasteiger partial charge in [-0.3, -0.25) is 4.98 Å². The van der Waals surface area contributed by atoms with E-state index in [1.807, 2.05) is 12.3 Å². The molecule has 110 valence electrons. The molecule has 1 aliphatic carbocycles. The average molecular weight is 365 g/mol. The van der Waals surface area contributed by atoms with Crippen molar-refractivity contribution in [3.8, 4) is 0 Å². The summed E-state index contributed by atoms with van der Waals surface area (Å²) in [6.45, 7) is 0. The number of hydrogen-bond acceptors (Lipinski definition) is 1. The zero-order chi connectivity index (χ0) is 14.7. The molecule has 1 fully saturated rings. The third kappa shape index (κ3) is 3.32. The van der Waals surface area contributed by atoms with Gasteiger partial charge in [0.2, 0.25) is 0 Å². The second-order valence-corrected chi connectivity index (χ2v) is 6.85. The summed E-state index contributed by atoms with van der Waals surface area (Å²) >= 11 is 9.84. The Morgan fingerprint density at radius 1 is 1.24 bits per heavy atom. The fraction of sp³-hybridized carbons (Fsp3) is 0.389. The van der Waals surface area contributed by atoms with Crippen LogP contribution in [0.3, 0.4) is 0 Å². The molecule has 1 heterocycles.